The molecule has 10 N–H and O–H groups in total. The summed E-state index contributed by atoms with van der Waals surface area (Å²) in [6.07, 6.45) is 0.508. The number of primary amides is 1. The number of ether oxygens (including phenoxy) is 3. The predicted molar refractivity (Wildman–Crippen MR) is 328 cm³/mol. The van der Waals surface area contributed by atoms with Crippen LogP contribution in [0.5, 0.6) is 0 Å². The number of likely N-dealkylation sites (tertiary alicyclic amines) is 1. The summed E-state index contributed by atoms with van der Waals surface area (Å²) in [4.78, 5) is 127. The van der Waals surface area contributed by atoms with Crippen LogP contribution in [0.1, 0.15) is 125 Å². The van der Waals surface area contributed by atoms with Gasteiger partial charge in [0.1, 0.15) is 30.8 Å². The number of hydrogen-bond donors (Lipinski definition) is 8. The van der Waals surface area contributed by atoms with Crippen molar-refractivity contribution in [3.63, 3.8) is 0 Å². The molecule has 0 aromatic heterocycles. The molecule has 1 saturated heterocycles. The zero-order valence-electron chi connectivity index (χ0n) is 53.0. The van der Waals surface area contributed by atoms with Crippen LogP contribution >= 0.6 is 0 Å². The molecule has 0 radical (unpaired) electrons. The number of nitrogens with zero attached hydrogens (tertiary/aromatic N) is 3. The second-order valence-electron chi connectivity index (χ2n) is 24.1. The van der Waals surface area contributed by atoms with E-state index in [1.807, 2.05) is 13.8 Å². The van der Waals surface area contributed by atoms with Gasteiger partial charge in [0.2, 0.25) is 45.5 Å². The molecule has 2 aliphatic rings. The summed E-state index contributed by atoms with van der Waals surface area (Å²) < 4.78 is 45.5. The molecule has 10 amide bonds. The van der Waals surface area contributed by atoms with Crippen molar-refractivity contribution in [1.82, 2.24) is 40.7 Å². The highest BCUT2D eigenvalue weighted by Crippen LogP contribution is 2.31. The van der Waals surface area contributed by atoms with E-state index >= 15 is 0 Å². The van der Waals surface area contributed by atoms with E-state index in [0.29, 0.717) is 61.9 Å². The Labute approximate surface area is 513 Å². The molecular formula is C61H97N11O14S. The Balaban J connectivity index is 1.42. The molecule has 4 rings (SSSR count). The lowest BCUT2D eigenvalue weighted by molar-refractivity contribution is -0.148. The Bertz CT molecular complexity index is 2750. The molecular weight excluding hydrogens is 1140 g/mol. The molecule has 1 heterocycles. The molecule has 1 saturated carbocycles. The van der Waals surface area contributed by atoms with Gasteiger partial charge in [-0.3, -0.25) is 43.2 Å². The number of carbonyl (C=O) groups excluding carboxylic acids is 9. The van der Waals surface area contributed by atoms with Crippen LogP contribution in [0.25, 0.3) is 0 Å². The fourth-order valence-corrected chi connectivity index (χ4v) is 12.2. The summed E-state index contributed by atoms with van der Waals surface area (Å²) in [5.74, 6) is -5.94. The fourth-order valence-electron chi connectivity index (χ4n) is 10.9. The zero-order valence-corrected chi connectivity index (χ0v) is 53.8. The standard InChI is InChI=1S/C61H97N11O14S/c1-14-38(8)52(47(84-12)33-48(73)72-31-19-23-46(72)53(85-13)39(9)54(74)67-45(32-40-20-16-15-17-21-40)56(76)69-87(82,83)43-28-29-43)70(10)59(79)50(36(4)5)68-58(78)51(37(6)7)71(11)61(81)86-34-41-24-26-42(27-25-41)65-55(75)44(22-18-30-64-60(63)80)66-57(77)49(62)35(2)3/h15-17,20-21,24-27,35-39,43-47,49-53H,14,18-19,22-23,28-34,62H2,1-13H3,(H,65,75)(H,66,77)(H,67,74)(H,68,78)(H,69,76)(H3,63,64,80). The number of amides is 10. The highest BCUT2D eigenvalue weighted by atomic mass is 32.2. The molecule has 1 aliphatic carbocycles. The average Bonchev–Trinajstić information content (AvgIpc) is 2.46. The average molecular weight is 1240 g/mol. The zero-order chi connectivity index (χ0) is 65.0. The van der Waals surface area contributed by atoms with Crippen molar-refractivity contribution in [1.29, 1.82) is 0 Å². The van der Waals surface area contributed by atoms with Crippen molar-refractivity contribution in [2.24, 2.45) is 41.1 Å². The first-order valence-electron chi connectivity index (χ1n) is 30.2. The van der Waals surface area contributed by atoms with E-state index in [9.17, 15) is 51.6 Å². The van der Waals surface area contributed by atoms with Gasteiger partial charge in [-0.25, -0.2) is 18.0 Å². The van der Waals surface area contributed by atoms with E-state index in [1.165, 1.54) is 31.1 Å². The lowest BCUT2D eigenvalue weighted by Gasteiger charge is -2.41. The predicted octanol–water partition coefficient (Wildman–Crippen LogP) is 3.53. The Kier molecular flexibility index (Phi) is 28.4. The van der Waals surface area contributed by atoms with E-state index in [-0.39, 0.29) is 50.2 Å². The van der Waals surface area contributed by atoms with E-state index in [0.717, 1.165) is 0 Å². The number of urea groups is 1. The van der Waals surface area contributed by atoms with Gasteiger partial charge in [-0.15, -0.1) is 0 Å². The maximum Gasteiger partial charge on any atom is 0.410 e. The van der Waals surface area contributed by atoms with Crippen LogP contribution in [-0.2, 0) is 70.8 Å². The highest BCUT2D eigenvalue weighted by molar-refractivity contribution is 7.90. The van der Waals surface area contributed by atoms with Crippen LogP contribution in [0.15, 0.2) is 54.6 Å². The van der Waals surface area contributed by atoms with Gasteiger partial charge in [0.05, 0.1) is 47.9 Å². The van der Waals surface area contributed by atoms with Crippen LogP contribution in [0, 0.1) is 29.6 Å². The van der Waals surface area contributed by atoms with E-state index in [4.69, 9.17) is 25.7 Å². The number of carbonyl (C=O) groups is 9. The molecule has 11 atom stereocenters. The number of nitrogens with one attached hydrogen (secondary N) is 6. The highest BCUT2D eigenvalue weighted by Gasteiger charge is 2.45. The Morgan fingerprint density at radius 2 is 1.36 bits per heavy atom. The minimum atomic E-state index is -3.92. The molecule has 26 heteroatoms. The molecule has 25 nitrogen and oxygen atoms in total. The first kappa shape index (κ1) is 72.6. The van der Waals surface area contributed by atoms with Gasteiger partial charge in [0, 0.05) is 53.5 Å². The summed E-state index contributed by atoms with van der Waals surface area (Å²) in [5.41, 5.74) is 12.8. The lowest BCUT2D eigenvalue weighted by atomic mass is 9.89. The van der Waals surface area contributed by atoms with Crippen molar-refractivity contribution >= 4 is 69.2 Å². The summed E-state index contributed by atoms with van der Waals surface area (Å²) in [7, 11) is 2.05. The Hall–Kier alpha value is -6.90. The van der Waals surface area contributed by atoms with Gasteiger partial charge in [0.15, 0.2) is 0 Å². The molecule has 87 heavy (non-hydrogen) atoms. The normalized spacial score (nSPS) is 17.7. The van der Waals surface area contributed by atoms with Crippen LogP contribution in [-0.4, -0.2) is 178 Å². The maximum atomic E-state index is 14.8. The molecule has 2 aromatic rings. The van der Waals surface area contributed by atoms with Crippen molar-refractivity contribution in [3.05, 3.63) is 65.7 Å². The first-order chi connectivity index (χ1) is 41.0. The number of anilines is 1. The number of benzene rings is 2. The second-order valence-corrected chi connectivity index (χ2v) is 26.0. The summed E-state index contributed by atoms with van der Waals surface area (Å²) in [5, 5.41) is 13.0. The number of likely N-dealkylation sites (N-methyl/N-ethyl adjacent to an activating group) is 2. The molecule has 486 valence electrons. The van der Waals surface area contributed by atoms with Gasteiger partial charge in [-0.1, -0.05) is 111 Å². The number of nitrogens with two attached hydrogens (primary N) is 2. The third-order valence-electron chi connectivity index (χ3n) is 16.4. The molecule has 0 spiro atoms. The molecule has 2 fully saturated rings. The smallest absolute Gasteiger partial charge is 0.410 e. The number of hydrogen-bond acceptors (Lipinski definition) is 15. The third kappa shape index (κ3) is 21.2. The molecule has 0 bridgehead atoms. The van der Waals surface area contributed by atoms with Gasteiger partial charge >= 0.3 is 12.1 Å². The van der Waals surface area contributed by atoms with Crippen LogP contribution in [0.4, 0.5) is 15.3 Å². The van der Waals surface area contributed by atoms with Gasteiger partial charge in [-0.2, -0.15) is 0 Å². The number of sulfonamides is 1. The SMILES string of the molecule is CCC(C)C(C(CC(=O)N1CCCC1C(OC)C(C)C(=O)NC(Cc1ccccc1)C(=O)NS(=O)(=O)C1CC1)OC)N(C)C(=O)C(NC(=O)C(C(C)C)N(C)C(=O)OCc1ccc(NC(=O)C(CCCNC(N)=O)NC(=O)C(N)C(C)C)cc1)C(C)C. The van der Waals surface area contributed by atoms with E-state index < -0.39 is 135 Å². The minimum Gasteiger partial charge on any atom is -0.445 e. The largest absolute Gasteiger partial charge is 0.445 e. The van der Waals surface area contributed by atoms with E-state index in [2.05, 4.69) is 31.3 Å². The van der Waals surface area contributed by atoms with Crippen LogP contribution in [0.2, 0.25) is 0 Å². The number of rotatable bonds is 34. The summed E-state index contributed by atoms with van der Waals surface area (Å²) in [6, 6.07) is 8.21. The van der Waals surface area contributed by atoms with Gasteiger partial charge in [0.25, 0.3) is 5.91 Å². The minimum absolute atomic E-state index is 0.0269. The molecule has 11 unspecified atom stereocenters. The maximum absolute atomic E-state index is 14.8. The van der Waals surface area contributed by atoms with E-state index in [1.54, 1.807) is 115 Å². The summed E-state index contributed by atoms with van der Waals surface area (Å²) >= 11 is 0. The third-order valence-corrected chi connectivity index (χ3v) is 18.3. The molecule has 1 aliphatic heterocycles. The lowest BCUT2D eigenvalue weighted by Crippen LogP contribution is -2.60. The summed E-state index contributed by atoms with van der Waals surface area (Å²) in [6.45, 7) is 16.5. The molecule has 2 aromatic carbocycles. The Morgan fingerprint density at radius 1 is 0.724 bits per heavy atom. The topological polar surface area (TPSA) is 349 Å². The monoisotopic (exact) mass is 1240 g/mol. The van der Waals surface area contributed by atoms with Gasteiger partial charge in [-0.05, 0) is 85.5 Å². The van der Waals surface area contributed by atoms with Crippen molar-refractivity contribution in [2.45, 2.75) is 186 Å². The number of methoxy groups -OCH3 is 2. The van der Waals surface area contributed by atoms with Crippen LogP contribution in [0.3, 0.4) is 0 Å². The van der Waals surface area contributed by atoms with Crippen molar-refractivity contribution in [3.8, 4) is 0 Å². The van der Waals surface area contributed by atoms with Crippen molar-refractivity contribution in [2.75, 3.05) is 46.7 Å². The quantitative estimate of drug-likeness (QED) is 0.0465. The fraction of sp³-hybridized carbons (Fsp3) is 0.656. The van der Waals surface area contributed by atoms with Crippen molar-refractivity contribution < 1.29 is 65.8 Å². The Morgan fingerprint density at radius 3 is 1.91 bits per heavy atom. The first-order valence-corrected chi connectivity index (χ1v) is 31.7. The van der Waals surface area contributed by atoms with Gasteiger partial charge < -0.3 is 62.1 Å². The van der Waals surface area contributed by atoms with Crippen LogP contribution < -0.4 is 42.8 Å². The second kappa shape index (κ2) is 34.0.